The van der Waals surface area contributed by atoms with Crippen LogP contribution in [0.25, 0.3) is 0 Å². The molecule has 2 aliphatic rings. The molecule has 0 spiro atoms. The van der Waals surface area contributed by atoms with E-state index in [1.165, 1.54) is 12.1 Å². The number of hydrogen-bond donors (Lipinski definition) is 0. The second kappa shape index (κ2) is 6.95. The van der Waals surface area contributed by atoms with Gasteiger partial charge in [0.15, 0.2) is 5.79 Å². The van der Waals surface area contributed by atoms with E-state index in [0.29, 0.717) is 12.2 Å². The van der Waals surface area contributed by atoms with Gasteiger partial charge in [-0.15, -0.1) is 0 Å². The van der Waals surface area contributed by atoms with Gasteiger partial charge in [-0.05, 0) is 30.7 Å². The fourth-order valence-corrected chi connectivity index (χ4v) is 4.36. The summed E-state index contributed by atoms with van der Waals surface area (Å²) in [6, 6.07) is 11.7. The first-order valence-corrected chi connectivity index (χ1v) is 9.59. The normalized spacial score (nSPS) is 28.8. The predicted octanol–water partition coefficient (Wildman–Crippen LogP) is 4.50. The Labute approximate surface area is 169 Å². The van der Waals surface area contributed by atoms with Crippen molar-refractivity contribution in [2.24, 2.45) is 5.92 Å². The molecule has 8 heteroatoms. The van der Waals surface area contributed by atoms with Crippen molar-refractivity contribution in [1.29, 1.82) is 0 Å². The summed E-state index contributed by atoms with van der Waals surface area (Å²) < 4.78 is 18.3. The SMILES string of the molecule is COC1(C)CC(c2ccc([N+](=O)[O-])cc2)C2C(=O)Oc3ccc(Br)cc3C2O1. The highest BCUT2D eigenvalue weighted by Crippen LogP contribution is 2.53. The lowest BCUT2D eigenvalue weighted by molar-refractivity contribution is -0.384. The molecule has 0 amide bonds. The van der Waals surface area contributed by atoms with Crippen molar-refractivity contribution in [1.82, 2.24) is 0 Å². The Hall–Kier alpha value is -2.29. The van der Waals surface area contributed by atoms with Crippen LogP contribution in [-0.2, 0) is 14.3 Å². The number of benzene rings is 2. The van der Waals surface area contributed by atoms with Crippen molar-refractivity contribution in [2.75, 3.05) is 7.11 Å². The summed E-state index contributed by atoms with van der Waals surface area (Å²) in [5, 5.41) is 11.0. The summed E-state index contributed by atoms with van der Waals surface area (Å²) in [6.45, 7) is 1.83. The number of ether oxygens (including phenoxy) is 3. The number of halogens is 1. The zero-order chi connectivity index (χ0) is 20.1. The van der Waals surface area contributed by atoms with E-state index in [2.05, 4.69) is 15.9 Å². The third kappa shape index (κ3) is 3.21. The van der Waals surface area contributed by atoms with Crippen molar-refractivity contribution in [3.63, 3.8) is 0 Å². The molecule has 2 aromatic carbocycles. The molecule has 1 saturated heterocycles. The fraction of sp³-hybridized carbons (Fsp3) is 0.350. The summed E-state index contributed by atoms with van der Waals surface area (Å²) in [6.07, 6.45) is -0.131. The minimum absolute atomic E-state index is 0.00218. The highest BCUT2D eigenvalue weighted by Gasteiger charge is 2.52. The highest BCUT2D eigenvalue weighted by molar-refractivity contribution is 9.10. The third-order valence-corrected chi connectivity index (χ3v) is 5.94. The average molecular weight is 448 g/mol. The topological polar surface area (TPSA) is 87.9 Å². The van der Waals surface area contributed by atoms with Crippen LogP contribution >= 0.6 is 15.9 Å². The minimum atomic E-state index is -0.912. The Balaban J connectivity index is 1.80. The maximum atomic E-state index is 12.9. The van der Waals surface area contributed by atoms with Gasteiger partial charge in [0.1, 0.15) is 11.9 Å². The van der Waals surface area contributed by atoms with Gasteiger partial charge in [0.25, 0.3) is 5.69 Å². The molecule has 0 saturated carbocycles. The molecule has 4 unspecified atom stereocenters. The van der Waals surface area contributed by atoms with Crippen LogP contribution in [0.2, 0.25) is 0 Å². The van der Waals surface area contributed by atoms with Crippen LogP contribution in [-0.4, -0.2) is 23.8 Å². The molecule has 146 valence electrons. The molecule has 2 aliphatic heterocycles. The minimum Gasteiger partial charge on any atom is -0.426 e. The molecule has 0 bridgehead atoms. The van der Waals surface area contributed by atoms with Crippen molar-refractivity contribution >= 4 is 27.6 Å². The van der Waals surface area contributed by atoms with E-state index < -0.39 is 22.7 Å². The molecule has 28 heavy (non-hydrogen) atoms. The van der Waals surface area contributed by atoms with E-state index in [1.54, 1.807) is 31.4 Å². The molecule has 1 fully saturated rings. The zero-order valence-corrected chi connectivity index (χ0v) is 16.8. The second-order valence-electron chi connectivity index (χ2n) is 7.16. The number of fused-ring (bicyclic) bond motifs is 3. The third-order valence-electron chi connectivity index (χ3n) is 5.45. The number of hydrogen-bond acceptors (Lipinski definition) is 6. The first-order valence-electron chi connectivity index (χ1n) is 8.80. The molecule has 0 aliphatic carbocycles. The van der Waals surface area contributed by atoms with Crippen LogP contribution in [0.15, 0.2) is 46.9 Å². The fourth-order valence-electron chi connectivity index (χ4n) is 3.98. The van der Waals surface area contributed by atoms with Gasteiger partial charge in [-0.1, -0.05) is 28.1 Å². The zero-order valence-electron chi connectivity index (χ0n) is 15.3. The van der Waals surface area contributed by atoms with E-state index in [0.717, 1.165) is 15.6 Å². The Morgan fingerprint density at radius 2 is 1.96 bits per heavy atom. The number of nitrogens with zero attached hydrogens (tertiary/aromatic N) is 1. The van der Waals surface area contributed by atoms with E-state index in [1.807, 2.05) is 13.0 Å². The van der Waals surface area contributed by atoms with E-state index in [9.17, 15) is 14.9 Å². The number of esters is 1. The van der Waals surface area contributed by atoms with Crippen LogP contribution in [0.1, 0.15) is 36.5 Å². The first-order chi connectivity index (χ1) is 13.3. The number of carbonyl (C=O) groups excluding carboxylic acids is 1. The van der Waals surface area contributed by atoms with Gasteiger partial charge in [0.05, 0.1) is 10.8 Å². The smallest absolute Gasteiger partial charge is 0.317 e. The molecule has 2 heterocycles. The van der Waals surface area contributed by atoms with Crippen molar-refractivity contribution in [2.45, 2.75) is 31.2 Å². The van der Waals surface area contributed by atoms with E-state index >= 15 is 0 Å². The largest absolute Gasteiger partial charge is 0.426 e. The van der Waals surface area contributed by atoms with Crippen LogP contribution in [0.3, 0.4) is 0 Å². The summed E-state index contributed by atoms with van der Waals surface area (Å²) in [4.78, 5) is 23.4. The first kappa shape index (κ1) is 19.0. The molecule has 0 radical (unpaired) electrons. The highest BCUT2D eigenvalue weighted by atomic mass is 79.9. The maximum Gasteiger partial charge on any atom is 0.317 e. The van der Waals surface area contributed by atoms with Gasteiger partial charge in [0.2, 0.25) is 0 Å². The second-order valence-corrected chi connectivity index (χ2v) is 8.08. The molecule has 4 rings (SSSR count). The number of carbonyl (C=O) groups is 1. The molecule has 4 atom stereocenters. The number of non-ortho nitro benzene ring substituents is 1. The van der Waals surface area contributed by atoms with Crippen molar-refractivity contribution in [3.05, 3.63) is 68.2 Å². The van der Waals surface area contributed by atoms with Gasteiger partial charge in [-0.25, -0.2) is 0 Å². The monoisotopic (exact) mass is 447 g/mol. The number of rotatable bonds is 3. The summed E-state index contributed by atoms with van der Waals surface area (Å²) in [5.74, 6) is -1.67. The summed E-state index contributed by atoms with van der Waals surface area (Å²) in [7, 11) is 1.57. The van der Waals surface area contributed by atoms with Crippen LogP contribution in [0, 0.1) is 16.0 Å². The predicted molar refractivity (Wildman–Crippen MR) is 103 cm³/mol. The van der Waals surface area contributed by atoms with Crippen LogP contribution in [0.4, 0.5) is 5.69 Å². The Kier molecular flexibility index (Phi) is 4.73. The molecular formula is C20H18BrNO6. The van der Waals surface area contributed by atoms with Crippen LogP contribution < -0.4 is 4.74 Å². The van der Waals surface area contributed by atoms with E-state index in [4.69, 9.17) is 14.2 Å². The van der Waals surface area contributed by atoms with E-state index in [-0.39, 0.29) is 17.6 Å². The molecule has 7 nitrogen and oxygen atoms in total. The van der Waals surface area contributed by atoms with Crippen LogP contribution in [0.5, 0.6) is 5.75 Å². The van der Waals surface area contributed by atoms with Gasteiger partial charge in [-0.3, -0.25) is 14.9 Å². The van der Waals surface area contributed by atoms with Gasteiger partial charge in [-0.2, -0.15) is 0 Å². The van der Waals surface area contributed by atoms with Gasteiger partial charge < -0.3 is 14.2 Å². The van der Waals surface area contributed by atoms with Crippen molar-refractivity contribution in [3.8, 4) is 5.75 Å². The lowest BCUT2D eigenvalue weighted by atomic mass is 9.73. The molecule has 0 aromatic heterocycles. The Morgan fingerprint density at radius 1 is 1.25 bits per heavy atom. The molecule has 2 aromatic rings. The standard InChI is InChI=1S/C20H18BrNO6/c1-20(26-2)10-15(11-3-6-13(7-4-11)22(24)25)17-18(28-20)14-9-12(21)5-8-16(14)27-19(17)23/h3-9,15,17-18H,10H2,1-2H3. The Bertz CT molecular complexity index is 946. The lowest BCUT2D eigenvalue weighted by Crippen LogP contribution is -2.49. The number of nitro benzene ring substituents is 1. The van der Waals surface area contributed by atoms with Crippen molar-refractivity contribution < 1.29 is 23.9 Å². The maximum absolute atomic E-state index is 12.9. The Morgan fingerprint density at radius 3 is 2.61 bits per heavy atom. The quantitative estimate of drug-likeness (QED) is 0.297. The lowest BCUT2D eigenvalue weighted by Gasteiger charge is -2.47. The molecular weight excluding hydrogens is 430 g/mol. The van der Waals surface area contributed by atoms with Gasteiger partial charge >= 0.3 is 5.97 Å². The summed E-state index contributed by atoms with van der Waals surface area (Å²) in [5.41, 5.74) is 1.58. The van der Waals surface area contributed by atoms with Gasteiger partial charge in [0, 0.05) is 41.6 Å². The average Bonchev–Trinajstić information content (AvgIpc) is 2.68. The molecule has 0 N–H and O–H groups in total. The number of nitro groups is 1. The number of methoxy groups -OCH3 is 1. The summed E-state index contributed by atoms with van der Waals surface area (Å²) >= 11 is 3.46.